The third-order valence-electron chi connectivity index (χ3n) is 4.76. The monoisotopic (exact) mass is 471 g/mol. The van der Waals surface area contributed by atoms with Gasteiger partial charge in [-0.25, -0.2) is 8.42 Å². The highest BCUT2D eigenvalue weighted by Crippen LogP contribution is 2.40. The van der Waals surface area contributed by atoms with Crippen molar-refractivity contribution in [2.45, 2.75) is 30.5 Å². The number of amides is 2. The Balaban J connectivity index is 2.46. The first-order chi connectivity index (χ1) is 13.6. The molecule has 30 heavy (non-hydrogen) atoms. The van der Waals surface area contributed by atoms with E-state index < -0.39 is 27.5 Å². The van der Waals surface area contributed by atoms with E-state index in [1.54, 1.807) is 9.80 Å². The molecular weight excluding hydrogens is 451 g/mol. The van der Waals surface area contributed by atoms with Crippen LogP contribution in [0.5, 0.6) is 0 Å². The molecule has 1 heterocycles. The normalized spacial score (nSPS) is 17.5. The van der Waals surface area contributed by atoms with Gasteiger partial charge in [-0.1, -0.05) is 11.6 Å². The molecule has 0 bridgehead atoms. The topological polar surface area (TPSA) is 107 Å². The molecule has 1 aliphatic rings. The molecule has 1 atom stereocenters. The zero-order chi connectivity index (χ0) is 23.1. The maximum Gasteiger partial charge on any atom is 0.426 e. The number of halogens is 4. The lowest BCUT2D eigenvalue weighted by atomic mass is 10.1. The lowest BCUT2D eigenvalue weighted by molar-refractivity contribution is -0.242. The second-order valence-electron chi connectivity index (χ2n) is 7.06. The molecule has 2 rings (SSSR count). The number of benzene rings is 1. The summed E-state index contributed by atoms with van der Waals surface area (Å²) < 4.78 is 63.2. The van der Waals surface area contributed by atoms with Crippen LogP contribution in [0.4, 0.5) is 24.5 Å². The van der Waals surface area contributed by atoms with Gasteiger partial charge in [-0.15, -0.1) is 0 Å². The van der Waals surface area contributed by atoms with Crippen molar-refractivity contribution in [2.75, 3.05) is 42.7 Å². The predicted octanol–water partition coefficient (Wildman–Crippen LogP) is 1.66. The van der Waals surface area contributed by atoms with E-state index in [1.165, 1.54) is 6.92 Å². The van der Waals surface area contributed by atoms with Crippen molar-refractivity contribution in [3.63, 3.8) is 0 Å². The fourth-order valence-corrected chi connectivity index (χ4v) is 4.14. The van der Waals surface area contributed by atoms with Crippen LogP contribution in [0.3, 0.4) is 0 Å². The highest BCUT2D eigenvalue weighted by molar-refractivity contribution is 7.90. The van der Waals surface area contributed by atoms with Gasteiger partial charge in [0.2, 0.25) is 11.5 Å². The number of carbonyl (C=O) groups excluding carboxylic acids is 2. The molecule has 0 saturated carbocycles. The van der Waals surface area contributed by atoms with Crippen LogP contribution < -0.4 is 10.2 Å². The van der Waals surface area contributed by atoms with Gasteiger partial charge in [-0.2, -0.15) is 13.2 Å². The number of alkyl halides is 3. The summed E-state index contributed by atoms with van der Waals surface area (Å²) in [6.07, 6.45) is -4.29. The Morgan fingerprint density at radius 3 is 2.13 bits per heavy atom. The predicted molar refractivity (Wildman–Crippen MR) is 104 cm³/mol. The molecule has 1 aromatic rings. The van der Waals surface area contributed by atoms with Gasteiger partial charge in [0.25, 0.3) is 5.91 Å². The van der Waals surface area contributed by atoms with Crippen molar-refractivity contribution in [1.29, 1.82) is 0 Å². The fraction of sp³-hybridized carbons (Fsp3) is 0.529. The molecule has 1 aromatic carbocycles. The third kappa shape index (κ3) is 4.81. The van der Waals surface area contributed by atoms with Crippen LogP contribution in [-0.2, 0) is 19.4 Å². The minimum absolute atomic E-state index is 0.00632. The number of nitrogens with zero attached hydrogens (tertiary/aromatic N) is 2. The van der Waals surface area contributed by atoms with Gasteiger partial charge in [-0.05, 0) is 19.1 Å². The molecule has 1 fully saturated rings. The number of hydrogen-bond acceptors (Lipinski definition) is 6. The number of anilines is 2. The Bertz CT molecular complexity index is 958. The van der Waals surface area contributed by atoms with Crippen LogP contribution >= 0.6 is 11.6 Å². The van der Waals surface area contributed by atoms with Crippen LogP contribution in [0, 0.1) is 0 Å². The number of hydrogen-bond donors (Lipinski definition) is 2. The van der Waals surface area contributed by atoms with Crippen LogP contribution in [0.25, 0.3) is 0 Å². The molecule has 168 valence electrons. The summed E-state index contributed by atoms with van der Waals surface area (Å²) in [6, 6.07) is 2.17. The summed E-state index contributed by atoms with van der Waals surface area (Å²) in [5, 5.41) is 11.2. The third-order valence-corrected chi connectivity index (χ3v) is 6.27. The highest BCUT2D eigenvalue weighted by atomic mass is 35.5. The summed E-state index contributed by atoms with van der Waals surface area (Å²) in [4.78, 5) is 26.5. The van der Waals surface area contributed by atoms with Gasteiger partial charge in [0.05, 0.1) is 21.3 Å². The van der Waals surface area contributed by atoms with Gasteiger partial charge in [0.1, 0.15) is 0 Å². The van der Waals surface area contributed by atoms with Crippen molar-refractivity contribution < 1.29 is 36.3 Å². The van der Waals surface area contributed by atoms with Crippen LogP contribution in [0.15, 0.2) is 17.0 Å². The van der Waals surface area contributed by atoms with Crippen LogP contribution in [-0.4, -0.2) is 74.5 Å². The summed E-state index contributed by atoms with van der Waals surface area (Å²) in [5.74, 6) is -1.92. The molecule has 8 nitrogen and oxygen atoms in total. The number of aliphatic hydroxyl groups is 1. The molecule has 1 aliphatic heterocycles. The number of carbonyl (C=O) groups is 2. The average Bonchev–Trinajstić information content (AvgIpc) is 2.61. The van der Waals surface area contributed by atoms with Crippen molar-refractivity contribution in [3.8, 4) is 0 Å². The SMILES string of the molecule is CC(=O)N1CCN(c2c(S(C)(=O)=O)ccc(NC(=O)[C@@](C)(O)C(F)(F)F)c2Cl)CC1. The Kier molecular flexibility index (Phi) is 6.65. The summed E-state index contributed by atoms with van der Waals surface area (Å²) in [7, 11) is -3.78. The van der Waals surface area contributed by atoms with Gasteiger partial charge < -0.3 is 20.2 Å². The van der Waals surface area contributed by atoms with E-state index >= 15 is 0 Å². The first-order valence-electron chi connectivity index (χ1n) is 8.71. The molecular formula is C17H21ClF3N3O5S. The Hall–Kier alpha value is -2.05. The standard InChI is InChI=1S/C17H21ClF3N3O5S/c1-10(25)23-6-8-24(9-7-23)14-12(30(3,28)29)5-4-11(13(14)18)22-15(26)16(2,27)17(19,20)21/h4-5,27H,6-9H2,1-3H3,(H,22,26)/t16-/m1/s1. The zero-order valence-corrected chi connectivity index (χ0v) is 18.0. The smallest absolute Gasteiger partial charge is 0.373 e. The van der Waals surface area contributed by atoms with E-state index in [0.717, 1.165) is 18.4 Å². The molecule has 0 radical (unpaired) electrons. The molecule has 2 N–H and O–H groups in total. The Morgan fingerprint density at radius 2 is 1.70 bits per heavy atom. The van der Waals surface area contributed by atoms with E-state index in [-0.39, 0.29) is 53.4 Å². The van der Waals surface area contributed by atoms with E-state index in [1.807, 2.05) is 5.32 Å². The van der Waals surface area contributed by atoms with E-state index in [0.29, 0.717) is 6.92 Å². The second kappa shape index (κ2) is 8.23. The Labute approximate surface area is 176 Å². The van der Waals surface area contributed by atoms with Gasteiger partial charge in [-0.3, -0.25) is 9.59 Å². The maximum atomic E-state index is 12.9. The first-order valence-corrected chi connectivity index (χ1v) is 11.0. The number of piperazine rings is 1. The molecule has 2 amide bonds. The zero-order valence-electron chi connectivity index (χ0n) is 16.4. The maximum absolute atomic E-state index is 12.9. The lowest BCUT2D eigenvalue weighted by Crippen LogP contribution is -2.52. The molecule has 1 saturated heterocycles. The second-order valence-corrected chi connectivity index (χ2v) is 9.43. The quantitative estimate of drug-likeness (QED) is 0.691. The summed E-state index contributed by atoms with van der Waals surface area (Å²) in [6.45, 7) is 2.71. The van der Waals surface area contributed by atoms with E-state index in [2.05, 4.69) is 0 Å². The number of rotatable bonds is 4. The highest BCUT2D eigenvalue weighted by Gasteiger charge is 2.55. The minimum atomic E-state index is -5.23. The van der Waals surface area contributed by atoms with Crippen molar-refractivity contribution in [1.82, 2.24) is 4.90 Å². The van der Waals surface area contributed by atoms with Crippen LogP contribution in [0.1, 0.15) is 13.8 Å². The molecule has 0 aliphatic carbocycles. The first kappa shape index (κ1) is 24.2. The number of nitrogens with one attached hydrogen (secondary N) is 1. The minimum Gasteiger partial charge on any atom is -0.373 e. The van der Waals surface area contributed by atoms with Gasteiger partial charge >= 0.3 is 6.18 Å². The number of sulfone groups is 1. The van der Waals surface area contributed by atoms with E-state index in [4.69, 9.17) is 11.6 Å². The van der Waals surface area contributed by atoms with Crippen molar-refractivity contribution >= 4 is 44.6 Å². The summed E-state index contributed by atoms with van der Waals surface area (Å²) in [5.41, 5.74) is -3.96. The lowest BCUT2D eigenvalue weighted by Gasteiger charge is -2.37. The van der Waals surface area contributed by atoms with E-state index in [9.17, 15) is 36.3 Å². The fourth-order valence-electron chi connectivity index (χ4n) is 2.85. The molecule has 0 spiro atoms. The largest absolute Gasteiger partial charge is 0.426 e. The molecule has 0 aromatic heterocycles. The summed E-state index contributed by atoms with van der Waals surface area (Å²) >= 11 is 6.30. The van der Waals surface area contributed by atoms with Crippen molar-refractivity contribution in [2.24, 2.45) is 0 Å². The molecule has 13 heteroatoms. The van der Waals surface area contributed by atoms with Gasteiger partial charge in [0.15, 0.2) is 9.84 Å². The molecule has 0 unspecified atom stereocenters. The van der Waals surface area contributed by atoms with Crippen molar-refractivity contribution in [3.05, 3.63) is 17.2 Å². The van der Waals surface area contributed by atoms with Gasteiger partial charge in [0, 0.05) is 39.4 Å². The average molecular weight is 472 g/mol. The Morgan fingerprint density at radius 1 is 1.17 bits per heavy atom. The van der Waals surface area contributed by atoms with Crippen LogP contribution in [0.2, 0.25) is 5.02 Å².